The van der Waals surface area contributed by atoms with E-state index in [0.29, 0.717) is 20.9 Å². The van der Waals surface area contributed by atoms with Crippen LogP contribution in [0.1, 0.15) is 0 Å². The maximum absolute atomic E-state index is 11.9. The standard InChI is InChI=1S/C13H9BrClN3O3/c14-11-5-4-8(15)6-12(11)17-13(19)16-9-2-1-3-10(7-9)18(20)21/h1-7H,(H2,16,17,19). The molecule has 8 heteroatoms. The van der Waals surface area contributed by atoms with Gasteiger partial charge in [0, 0.05) is 27.3 Å². The molecule has 0 atom stereocenters. The molecule has 2 aromatic rings. The molecule has 2 aromatic carbocycles. The highest BCUT2D eigenvalue weighted by Gasteiger charge is 2.09. The second-order valence-electron chi connectivity index (χ2n) is 4.01. The van der Waals surface area contributed by atoms with Crippen LogP contribution in [-0.4, -0.2) is 11.0 Å². The second-order valence-corrected chi connectivity index (χ2v) is 5.30. The summed E-state index contributed by atoms with van der Waals surface area (Å²) in [6, 6.07) is 10.1. The van der Waals surface area contributed by atoms with Crippen LogP contribution in [0, 0.1) is 10.1 Å². The summed E-state index contributed by atoms with van der Waals surface area (Å²) in [5, 5.41) is 16.3. The van der Waals surface area contributed by atoms with E-state index in [1.54, 1.807) is 24.3 Å². The molecule has 2 N–H and O–H groups in total. The first kappa shape index (κ1) is 15.3. The maximum atomic E-state index is 11.9. The van der Waals surface area contributed by atoms with Crippen molar-refractivity contribution in [2.75, 3.05) is 10.6 Å². The van der Waals surface area contributed by atoms with Gasteiger partial charge >= 0.3 is 6.03 Å². The minimum atomic E-state index is -0.531. The Labute approximate surface area is 133 Å². The number of non-ortho nitro benzene ring substituents is 1. The molecule has 0 fully saturated rings. The van der Waals surface area contributed by atoms with E-state index in [9.17, 15) is 14.9 Å². The average Bonchev–Trinajstić information content (AvgIpc) is 2.43. The zero-order valence-electron chi connectivity index (χ0n) is 10.5. The van der Waals surface area contributed by atoms with Crippen LogP contribution in [0.15, 0.2) is 46.9 Å². The number of rotatable bonds is 3. The summed E-state index contributed by atoms with van der Waals surface area (Å²) in [4.78, 5) is 22.0. The van der Waals surface area contributed by atoms with Gasteiger partial charge in [0.1, 0.15) is 0 Å². The molecular weight excluding hydrogens is 362 g/mol. The van der Waals surface area contributed by atoms with Crippen molar-refractivity contribution >= 4 is 50.6 Å². The number of carbonyl (C=O) groups is 1. The predicted molar refractivity (Wildman–Crippen MR) is 84.9 cm³/mol. The van der Waals surface area contributed by atoms with Crippen LogP contribution in [0.2, 0.25) is 5.02 Å². The van der Waals surface area contributed by atoms with Crippen molar-refractivity contribution in [3.63, 3.8) is 0 Å². The summed E-state index contributed by atoms with van der Waals surface area (Å²) in [7, 11) is 0. The van der Waals surface area contributed by atoms with Crippen LogP contribution in [0.25, 0.3) is 0 Å². The molecule has 0 aromatic heterocycles. The third kappa shape index (κ3) is 4.17. The van der Waals surface area contributed by atoms with Gasteiger partial charge in [-0.15, -0.1) is 0 Å². The number of amides is 2. The molecule has 0 saturated heterocycles. The topological polar surface area (TPSA) is 84.3 Å². The van der Waals surface area contributed by atoms with Gasteiger partial charge < -0.3 is 10.6 Å². The summed E-state index contributed by atoms with van der Waals surface area (Å²) >= 11 is 9.13. The molecule has 0 aliphatic carbocycles. The lowest BCUT2D eigenvalue weighted by molar-refractivity contribution is -0.384. The van der Waals surface area contributed by atoms with E-state index in [1.807, 2.05) is 0 Å². The molecule has 0 spiro atoms. The molecule has 108 valence electrons. The molecular formula is C13H9BrClN3O3. The first-order chi connectivity index (χ1) is 9.95. The predicted octanol–water partition coefficient (Wildman–Crippen LogP) is 4.65. The van der Waals surface area contributed by atoms with E-state index in [1.165, 1.54) is 18.2 Å². The zero-order valence-corrected chi connectivity index (χ0v) is 12.8. The number of benzene rings is 2. The van der Waals surface area contributed by atoms with Crippen LogP contribution >= 0.6 is 27.5 Å². The molecule has 0 heterocycles. The Bertz CT molecular complexity index is 709. The number of anilines is 2. The van der Waals surface area contributed by atoms with Crippen molar-refractivity contribution in [1.29, 1.82) is 0 Å². The molecule has 2 rings (SSSR count). The van der Waals surface area contributed by atoms with E-state index in [-0.39, 0.29) is 5.69 Å². The van der Waals surface area contributed by atoms with Crippen molar-refractivity contribution < 1.29 is 9.72 Å². The van der Waals surface area contributed by atoms with Gasteiger partial charge in [-0.3, -0.25) is 10.1 Å². The van der Waals surface area contributed by atoms with Crippen LogP contribution in [0.4, 0.5) is 21.9 Å². The van der Waals surface area contributed by atoms with E-state index in [0.717, 1.165) is 0 Å². The Kier molecular flexibility index (Phi) is 4.77. The smallest absolute Gasteiger partial charge is 0.307 e. The molecule has 6 nitrogen and oxygen atoms in total. The van der Waals surface area contributed by atoms with Crippen molar-refractivity contribution in [1.82, 2.24) is 0 Å². The van der Waals surface area contributed by atoms with E-state index < -0.39 is 11.0 Å². The molecule has 0 saturated carbocycles. The SMILES string of the molecule is O=C(Nc1cccc([N+](=O)[O-])c1)Nc1cc(Cl)ccc1Br. The highest BCUT2D eigenvalue weighted by molar-refractivity contribution is 9.10. The Morgan fingerprint density at radius 3 is 2.67 bits per heavy atom. The van der Waals surface area contributed by atoms with Crippen molar-refractivity contribution in [3.05, 3.63) is 62.1 Å². The van der Waals surface area contributed by atoms with Crippen LogP contribution in [-0.2, 0) is 0 Å². The summed E-state index contributed by atoms with van der Waals surface area (Å²) in [5.41, 5.74) is 0.710. The Morgan fingerprint density at radius 2 is 1.95 bits per heavy atom. The summed E-state index contributed by atoms with van der Waals surface area (Å²) in [5.74, 6) is 0. The number of hydrogen-bond donors (Lipinski definition) is 2. The molecule has 0 unspecified atom stereocenters. The highest BCUT2D eigenvalue weighted by Crippen LogP contribution is 2.26. The molecule has 0 aliphatic rings. The number of urea groups is 1. The molecule has 0 radical (unpaired) electrons. The molecule has 0 aliphatic heterocycles. The number of nitrogens with one attached hydrogen (secondary N) is 2. The minimum Gasteiger partial charge on any atom is -0.307 e. The first-order valence-electron chi connectivity index (χ1n) is 5.73. The second kappa shape index (κ2) is 6.55. The van der Waals surface area contributed by atoms with Crippen LogP contribution in [0.3, 0.4) is 0 Å². The fourth-order valence-corrected chi connectivity index (χ4v) is 2.09. The number of halogens is 2. The average molecular weight is 371 g/mol. The van der Waals surface area contributed by atoms with Crippen molar-refractivity contribution in [3.8, 4) is 0 Å². The van der Waals surface area contributed by atoms with Gasteiger partial charge in [0.2, 0.25) is 0 Å². The van der Waals surface area contributed by atoms with E-state index in [4.69, 9.17) is 11.6 Å². The quantitative estimate of drug-likeness (QED) is 0.609. The Morgan fingerprint density at radius 1 is 1.19 bits per heavy atom. The highest BCUT2D eigenvalue weighted by atomic mass is 79.9. The molecule has 2 amide bonds. The lowest BCUT2D eigenvalue weighted by Gasteiger charge is -2.09. The van der Waals surface area contributed by atoms with Gasteiger partial charge in [-0.2, -0.15) is 0 Å². The van der Waals surface area contributed by atoms with Gasteiger partial charge in [-0.05, 0) is 40.2 Å². The van der Waals surface area contributed by atoms with E-state index >= 15 is 0 Å². The summed E-state index contributed by atoms with van der Waals surface area (Å²) < 4.78 is 0.668. The number of nitrogens with zero attached hydrogens (tertiary/aromatic N) is 1. The van der Waals surface area contributed by atoms with Gasteiger partial charge in [-0.25, -0.2) is 4.79 Å². The maximum Gasteiger partial charge on any atom is 0.323 e. The lowest BCUT2D eigenvalue weighted by atomic mass is 10.3. The summed E-state index contributed by atoms with van der Waals surface area (Å²) in [6.07, 6.45) is 0. The molecule has 21 heavy (non-hydrogen) atoms. The third-order valence-electron chi connectivity index (χ3n) is 2.49. The number of nitro benzene ring substituents is 1. The number of hydrogen-bond acceptors (Lipinski definition) is 3. The fraction of sp³-hybridized carbons (Fsp3) is 0. The Hall–Kier alpha value is -2.12. The monoisotopic (exact) mass is 369 g/mol. The number of nitro groups is 1. The van der Waals surface area contributed by atoms with Crippen molar-refractivity contribution in [2.45, 2.75) is 0 Å². The van der Waals surface area contributed by atoms with Gasteiger partial charge in [-0.1, -0.05) is 17.7 Å². The zero-order chi connectivity index (χ0) is 15.4. The lowest BCUT2D eigenvalue weighted by Crippen LogP contribution is -2.19. The number of carbonyl (C=O) groups excluding carboxylic acids is 1. The van der Waals surface area contributed by atoms with Crippen LogP contribution in [0.5, 0.6) is 0 Å². The largest absolute Gasteiger partial charge is 0.323 e. The summed E-state index contributed by atoms with van der Waals surface area (Å²) in [6.45, 7) is 0. The van der Waals surface area contributed by atoms with Gasteiger partial charge in [0.05, 0.1) is 10.6 Å². The normalized spacial score (nSPS) is 10.0. The van der Waals surface area contributed by atoms with E-state index in [2.05, 4.69) is 26.6 Å². The molecule has 0 bridgehead atoms. The Balaban J connectivity index is 2.10. The van der Waals surface area contributed by atoms with Crippen molar-refractivity contribution in [2.24, 2.45) is 0 Å². The fourth-order valence-electron chi connectivity index (χ4n) is 1.58. The van der Waals surface area contributed by atoms with Gasteiger partial charge in [0.25, 0.3) is 5.69 Å². The minimum absolute atomic E-state index is 0.100. The van der Waals surface area contributed by atoms with Gasteiger partial charge in [0.15, 0.2) is 0 Å². The third-order valence-corrected chi connectivity index (χ3v) is 3.42. The first-order valence-corrected chi connectivity index (χ1v) is 6.90. The van der Waals surface area contributed by atoms with Crippen LogP contribution < -0.4 is 10.6 Å².